The molecule has 2 nitrogen and oxygen atoms in total. The van der Waals surface area contributed by atoms with Gasteiger partial charge < -0.3 is 10.1 Å². The predicted octanol–water partition coefficient (Wildman–Crippen LogP) is 13.0. The third-order valence-electron chi connectivity index (χ3n) is 3.90. The fraction of sp³-hybridized carbons (Fsp3) is 0.294. The van der Waals surface area contributed by atoms with E-state index in [0.29, 0.717) is 0 Å². The minimum absolute atomic E-state index is 0.758. The Morgan fingerprint density at radius 3 is 1.17 bits per heavy atom. The van der Waals surface area contributed by atoms with E-state index < -0.39 is 0 Å². The van der Waals surface area contributed by atoms with Crippen LogP contribution in [0.4, 0.5) is 0 Å². The Labute approximate surface area is 292 Å². The Balaban J connectivity index is -0.000000451. The van der Waals surface area contributed by atoms with Crippen LogP contribution in [-0.4, -0.2) is 25.6 Å². The van der Waals surface area contributed by atoms with Crippen molar-refractivity contribution in [2.75, 3.05) is 25.6 Å². The maximum absolute atomic E-state index is 4.93. The lowest BCUT2D eigenvalue weighted by atomic mass is 10.2. The van der Waals surface area contributed by atoms with E-state index in [1.807, 2.05) is 138 Å². The minimum atomic E-state index is 0.758. The molecular formula is C34H46Br5NO. The largest absolute Gasteiger partial charge is 0.383 e. The lowest BCUT2D eigenvalue weighted by molar-refractivity contribution is 0.199. The van der Waals surface area contributed by atoms with Crippen molar-refractivity contribution in [3.63, 3.8) is 0 Å². The summed E-state index contributed by atoms with van der Waals surface area (Å²) in [6.45, 7) is 12.6. The van der Waals surface area contributed by atoms with Gasteiger partial charge in [-0.05, 0) is 54.1 Å². The topological polar surface area (TPSA) is 21.3 Å². The van der Waals surface area contributed by atoms with Gasteiger partial charge in [-0.3, -0.25) is 0 Å². The lowest BCUT2D eigenvalue weighted by Gasteiger charge is -2.04. The first-order valence-electron chi connectivity index (χ1n) is 13.5. The average Bonchev–Trinajstić information content (AvgIpc) is 3.00. The number of nitrogens with one attached hydrogen (secondary N) is 1. The van der Waals surface area contributed by atoms with Gasteiger partial charge in [0.1, 0.15) is 0 Å². The van der Waals surface area contributed by atoms with Crippen LogP contribution in [0, 0.1) is 0 Å². The predicted molar refractivity (Wildman–Crippen MR) is 202 cm³/mol. The summed E-state index contributed by atoms with van der Waals surface area (Å²) < 4.78 is 9.46. The van der Waals surface area contributed by atoms with E-state index in [0.717, 1.165) is 42.9 Å². The molecule has 0 amide bonds. The molecule has 0 spiro atoms. The van der Waals surface area contributed by atoms with Crippen molar-refractivity contribution in [1.29, 1.82) is 0 Å². The number of hydrogen-bond donors (Lipinski definition) is 1. The lowest BCUT2D eigenvalue weighted by Crippen LogP contribution is -2.18. The number of halogens is 5. The second-order valence-corrected chi connectivity index (χ2v) is 11.7. The molecule has 0 aliphatic rings. The zero-order valence-electron chi connectivity index (χ0n) is 25.1. The van der Waals surface area contributed by atoms with Gasteiger partial charge in [0.2, 0.25) is 0 Å². The van der Waals surface area contributed by atoms with E-state index in [-0.39, 0.29) is 0 Å². The van der Waals surface area contributed by atoms with Crippen LogP contribution in [0.3, 0.4) is 0 Å². The first-order chi connectivity index (χ1) is 19.9. The quantitative estimate of drug-likeness (QED) is 0.159. The van der Waals surface area contributed by atoms with Crippen LogP contribution in [-0.2, 0) is 11.3 Å². The molecule has 4 aromatic carbocycles. The minimum Gasteiger partial charge on any atom is -0.383 e. The summed E-state index contributed by atoms with van der Waals surface area (Å²) in [7, 11) is 1.71. The number of hydrogen-bond acceptors (Lipinski definition) is 2. The summed E-state index contributed by atoms with van der Waals surface area (Å²) in [5.41, 5.74) is 1.28. The monoisotopic (exact) mass is 879 g/mol. The van der Waals surface area contributed by atoms with Gasteiger partial charge in [0.25, 0.3) is 0 Å². The van der Waals surface area contributed by atoms with Crippen molar-refractivity contribution in [3.8, 4) is 0 Å². The molecule has 0 saturated heterocycles. The molecule has 4 rings (SSSR count). The maximum atomic E-state index is 4.93. The summed E-state index contributed by atoms with van der Waals surface area (Å²) in [5.74, 6) is 0. The van der Waals surface area contributed by atoms with Crippen molar-refractivity contribution in [2.45, 2.75) is 41.2 Å². The molecule has 0 aliphatic carbocycles. The van der Waals surface area contributed by atoms with Gasteiger partial charge in [-0.1, -0.05) is 181 Å². The summed E-state index contributed by atoms with van der Waals surface area (Å²) in [6, 6.07) is 38.2. The number of ether oxygens (including phenoxy) is 1. The van der Waals surface area contributed by atoms with Gasteiger partial charge >= 0.3 is 0 Å². The molecular weight excluding hydrogens is 838 g/mol. The highest BCUT2D eigenvalue weighted by Crippen LogP contribution is 2.11. The number of methoxy groups -OCH3 is 1. The molecule has 41 heavy (non-hydrogen) atoms. The molecule has 7 heteroatoms. The molecule has 0 radical (unpaired) electrons. The van der Waals surface area contributed by atoms with Gasteiger partial charge in [0.15, 0.2) is 0 Å². The summed E-state index contributed by atoms with van der Waals surface area (Å²) >= 11 is 16.5. The third-order valence-corrected chi connectivity index (χ3v) is 5.98. The highest BCUT2D eigenvalue weighted by Gasteiger charge is 1.92. The first kappa shape index (κ1) is 44.6. The Morgan fingerprint density at radius 2 is 0.902 bits per heavy atom. The zero-order valence-corrected chi connectivity index (χ0v) is 33.0. The van der Waals surface area contributed by atoms with Crippen LogP contribution >= 0.6 is 79.6 Å². The van der Waals surface area contributed by atoms with Crippen LogP contribution in [0.15, 0.2) is 133 Å². The van der Waals surface area contributed by atoms with E-state index in [9.17, 15) is 0 Å². The van der Waals surface area contributed by atoms with Gasteiger partial charge in [0.05, 0.1) is 6.61 Å². The molecule has 4 aromatic rings. The summed E-state index contributed by atoms with van der Waals surface area (Å²) in [5, 5.41) is 4.35. The standard InChI is InChI=1S/C10H14BrNO.3C6H5Br.C2H5Br.2C2H6/c1-13-6-5-12-8-9-3-2-4-10(11)7-9;3*7-6-4-2-1-3-5-6;1-2-3;2*1-2/h2-4,7,12H,5-6,8H2,1H3;3*1-5H;2H2,1H3;2*1-2H3. The molecule has 0 aromatic heterocycles. The van der Waals surface area contributed by atoms with E-state index >= 15 is 0 Å². The Hall–Kier alpha value is -0.800. The second kappa shape index (κ2) is 37.2. The molecule has 1 N–H and O–H groups in total. The molecule has 0 saturated carbocycles. The van der Waals surface area contributed by atoms with Gasteiger partial charge in [-0.25, -0.2) is 0 Å². The molecule has 0 atom stereocenters. The fourth-order valence-electron chi connectivity index (χ4n) is 2.30. The normalized spacial score (nSPS) is 8.46. The Kier molecular flexibility index (Phi) is 40.5. The SMILES string of the molecule is Brc1ccccc1.Brc1ccccc1.Brc1ccccc1.CC.CC.CCBr.COCCNCc1cccc(Br)c1. The molecule has 0 fully saturated rings. The van der Waals surface area contributed by atoms with Crippen molar-refractivity contribution < 1.29 is 4.74 Å². The van der Waals surface area contributed by atoms with Gasteiger partial charge in [-0.2, -0.15) is 0 Å². The number of alkyl halides is 1. The highest BCUT2D eigenvalue weighted by molar-refractivity contribution is 9.11. The zero-order chi connectivity index (χ0) is 31.6. The van der Waals surface area contributed by atoms with E-state index in [2.05, 4.69) is 97.1 Å². The third kappa shape index (κ3) is 35.3. The van der Waals surface area contributed by atoms with Crippen molar-refractivity contribution in [2.24, 2.45) is 0 Å². The molecule has 0 unspecified atom stereocenters. The maximum Gasteiger partial charge on any atom is 0.0587 e. The van der Waals surface area contributed by atoms with Crippen LogP contribution in [0.25, 0.3) is 0 Å². The number of rotatable bonds is 5. The van der Waals surface area contributed by atoms with Crippen LogP contribution in [0.1, 0.15) is 40.2 Å². The van der Waals surface area contributed by atoms with E-state index in [1.54, 1.807) is 7.11 Å². The van der Waals surface area contributed by atoms with Crippen molar-refractivity contribution in [3.05, 3.63) is 139 Å². The van der Waals surface area contributed by atoms with Gasteiger partial charge in [-0.15, -0.1) is 0 Å². The van der Waals surface area contributed by atoms with E-state index in [1.165, 1.54) is 5.56 Å². The van der Waals surface area contributed by atoms with Gasteiger partial charge in [0, 0.05) is 43.4 Å². The van der Waals surface area contributed by atoms with Crippen molar-refractivity contribution >= 4 is 79.6 Å². The molecule has 228 valence electrons. The second-order valence-electron chi connectivity index (χ2n) is 6.95. The van der Waals surface area contributed by atoms with Crippen LogP contribution in [0.2, 0.25) is 0 Å². The molecule has 0 bridgehead atoms. The van der Waals surface area contributed by atoms with Crippen LogP contribution < -0.4 is 5.32 Å². The fourth-order valence-corrected chi connectivity index (χ4v) is 3.66. The Bertz CT molecular complexity index is 918. The summed E-state index contributed by atoms with van der Waals surface area (Å²) in [4.78, 5) is 0. The average molecular weight is 884 g/mol. The van der Waals surface area contributed by atoms with Crippen LogP contribution in [0.5, 0.6) is 0 Å². The number of benzene rings is 4. The summed E-state index contributed by atoms with van der Waals surface area (Å²) in [6.07, 6.45) is 0. The van der Waals surface area contributed by atoms with E-state index in [4.69, 9.17) is 4.74 Å². The first-order valence-corrected chi connectivity index (χ1v) is 17.8. The van der Waals surface area contributed by atoms with Crippen molar-refractivity contribution in [1.82, 2.24) is 5.32 Å². The highest BCUT2D eigenvalue weighted by atomic mass is 79.9. The Morgan fingerprint density at radius 1 is 0.561 bits per heavy atom. The molecule has 0 heterocycles. The smallest absolute Gasteiger partial charge is 0.0587 e. The molecule has 0 aliphatic heterocycles.